The van der Waals surface area contributed by atoms with Crippen molar-refractivity contribution in [3.05, 3.63) is 28.9 Å². The Balaban J connectivity index is 1.70. The molecule has 0 N–H and O–H groups in total. The van der Waals surface area contributed by atoms with Crippen LogP contribution in [0.5, 0.6) is 0 Å². The summed E-state index contributed by atoms with van der Waals surface area (Å²) < 4.78 is 1.29. The molecule has 2 aliphatic rings. The van der Waals surface area contributed by atoms with Crippen LogP contribution in [0.25, 0.3) is 0 Å². The molecule has 7 heteroatoms. The normalized spacial score (nSPS) is 25.0. The van der Waals surface area contributed by atoms with Crippen molar-refractivity contribution < 1.29 is 9.59 Å². The number of piperidine rings is 1. The lowest BCUT2D eigenvalue weighted by molar-refractivity contribution is -0.144. The van der Waals surface area contributed by atoms with Crippen molar-refractivity contribution in [2.24, 2.45) is 5.41 Å². The van der Waals surface area contributed by atoms with Gasteiger partial charge < -0.3 is 9.80 Å². The van der Waals surface area contributed by atoms with Gasteiger partial charge in [-0.05, 0) is 25.3 Å². The van der Waals surface area contributed by atoms with Crippen molar-refractivity contribution in [2.75, 3.05) is 26.7 Å². The maximum Gasteiger partial charge on any atom is 0.347 e. The van der Waals surface area contributed by atoms with E-state index < -0.39 is 11.1 Å². The molecule has 2 fully saturated rings. The molecule has 3 rings (SSSR count). The molecule has 22 heavy (non-hydrogen) atoms. The van der Waals surface area contributed by atoms with E-state index in [2.05, 4.69) is 4.98 Å². The predicted octanol–water partition coefficient (Wildman–Crippen LogP) is -0.286. The maximum atomic E-state index is 12.5. The third-order valence-corrected chi connectivity index (χ3v) is 4.74. The number of hydrogen-bond donors (Lipinski definition) is 0. The first-order valence-corrected chi connectivity index (χ1v) is 7.57. The highest BCUT2D eigenvalue weighted by Gasteiger charge is 2.48. The molecule has 0 bridgehead atoms. The van der Waals surface area contributed by atoms with Gasteiger partial charge in [0.2, 0.25) is 11.8 Å². The van der Waals surface area contributed by atoms with E-state index >= 15 is 0 Å². The topological polar surface area (TPSA) is 75.5 Å². The van der Waals surface area contributed by atoms with Gasteiger partial charge in [-0.15, -0.1) is 0 Å². The van der Waals surface area contributed by atoms with E-state index in [9.17, 15) is 14.4 Å². The average molecular weight is 304 g/mol. The molecule has 1 atom stereocenters. The summed E-state index contributed by atoms with van der Waals surface area (Å²) in [5.41, 5.74) is -0.846. The van der Waals surface area contributed by atoms with Crippen LogP contribution in [0.3, 0.4) is 0 Å². The first-order valence-electron chi connectivity index (χ1n) is 7.57. The number of rotatable bonds is 2. The second kappa shape index (κ2) is 5.55. The molecule has 1 aromatic rings. The van der Waals surface area contributed by atoms with Crippen LogP contribution in [0, 0.1) is 5.41 Å². The van der Waals surface area contributed by atoms with Gasteiger partial charge in [0.15, 0.2) is 0 Å². The van der Waals surface area contributed by atoms with Crippen molar-refractivity contribution in [2.45, 2.75) is 25.8 Å². The summed E-state index contributed by atoms with van der Waals surface area (Å²) in [6.07, 6.45) is 5.49. The van der Waals surface area contributed by atoms with Gasteiger partial charge in [0.25, 0.3) is 0 Å². The minimum atomic E-state index is -0.432. The Bertz CT molecular complexity index is 656. The smallest absolute Gasteiger partial charge is 0.345 e. The Kier molecular flexibility index (Phi) is 3.72. The van der Waals surface area contributed by atoms with Gasteiger partial charge in [0.1, 0.15) is 6.54 Å². The Labute approximate surface area is 128 Å². The Morgan fingerprint density at radius 1 is 1.32 bits per heavy atom. The second-order valence-corrected chi connectivity index (χ2v) is 6.21. The van der Waals surface area contributed by atoms with Gasteiger partial charge in [-0.1, -0.05) is 0 Å². The van der Waals surface area contributed by atoms with E-state index in [4.69, 9.17) is 0 Å². The Morgan fingerprint density at radius 2 is 2.14 bits per heavy atom. The molecule has 2 amide bonds. The summed E-state index contributed by atoms with van der Waals surface area (Å²) in [6, 6.07) is 1.62. The van der Waals surface area contributed by atoms with Crippen molar-refractivity contribution in [1.82, 2.24) is 19.4 Å². The molecule has 118 valence electrons. The second-order valence-electron chi connectivity index (χ2n) is 6.21. The van der Waals surface area contributed by atoms with E-state index in [0.29, 0.717) is 19.5 Å². The first-order chi connectivity index (χ1) is 10.5. The van der Waals surface area contributed by atoms with E-state index in [0.717, 1.165) is 19.4 Å². The number of amides is 2. The first kappa shape index (κ1) is 14.7. The van der Waals surface area contributed by atoms with Crippen LogP contribution < -0.4 is 5.69 Å². The summed E-state index contributed by atoms with van der Waals surface area (Å²) in [6.45, 7) is 1.81. The molecule has 0 aromatic carbocycles. The molecular formula is C15H20N4O3. The van der Waals surface area contributed by atoms with Crippen molar-refractivity contribution >= 4 is 11.8 Å². The highest BCUT2D eigenvalue weighted by molar-refractivity contribution is 5.85. The van der Waals surface area contributed by atoms with E-state index in [-0.39, 0.29) is 18.4 Å². The summed E-state index contributed by atoms with van der Waals surface area (Å²) >= 11 is 0. The molecule has 0 unspecified atom stereocenters. The molecule has 0 radical (unpaired) electrons. The largest absolute Gasteiger partial charge is 0.347 e. The third-order valence-electron chi connectivity index (χ3n) is 4.74. The quantitative estimate of drug-likeness (QED) is 0.753. The van der Waals surface area contributed by atoms with Gasteiger partial charge >= 0.3 is 5.69 Å². The van der Waals surface area contributed by atoms with E-state index in [1.54, 1.807) is 22.1 Å². The lowest BCUT2D eigenvalue weighted by Crippen LogP contribution is -2.49. The summed E-state index contributed by atoms with van der Waals surface area (Å²) in [4.78, 5) is 43.5. The number of carbonyl (C=O) groups is 2. The highest BCUT2D eigenvalue weighted by atomic mass is 16.2. The van der Waals surface area contributed by atoms with Gasteiger partial charge in [-0.2, -0.15) is 0 Å². The molecule has 2 aliphatic heterocycles. The minimum absolute atomic E-state index is 0.0210. The Hall–Kier alpha value is -2.18. The minimum Gasteiger partial charge on any atom is -0.345 e. The zero-order valence-electron chi connectivity index (χ0n) is 12.7. The van der Waals surface area contributed by atoms with Crippen LogP contribution in [-0.2, 0) is 16.1 Å². The summed E-state index contributed by atoms with van der Waals surface area (Å²) in [7, 11) is 1.82. The molecular weight excluding hydrogens is 284 g/mol. The SMILES string of the molecule is CN1CCC[C@@]2(CCN(C(=O)Cn3cccnc3=O)C2)C1=O. The van der Waals surface area contributed by atoms with Gasteiger partial charge in [0.05, 0.1) is 5.41 Å². The Morgan fingerprint density at radius 3 is 2.91 bits per heavy atom. The van der Waals surface area contributed by atoms with Gasteiger partial charge in [0, 0.05) is 39.1 Å². The third kappa shape index (κ3) is 2.51. The molecule has 7 nitrogen and oxygen atoms in total. The molecule has 1 aromatic heterocycles. The lowest BCUT2D eigenvalue weighted by atomic mass is 9.78. The molecule has 0 aliphatic carbocycles. The number of likely N-dealkylation sites (tertiary alicyclic amines) is 2. The van der Waals surface area contributed by atoms with Crippen molar-refractivity contribution in [3.8, 4) is 0 Å². The predicted molar refractivity (Wildman–Crippen MR) is 79.0 cm³/mol. The number of carbonyl (C=O) groups excluding carboxylic acids is 2. The summed E-state index contributed by atoms with van der Waals surface area (Å²) in [5.74, 6) is 0.0144. The highest BCUT2D eigenvalue weighted by Crippen LogP contribution is 2.39. The van der Waals surface area contributed by atoms with Gasteiger partial charge in [-0.3, -0.25) is 14.2 Å². The molecule has 3 heterocycles. The zero-order valence-corrected chi connectivity index (χ0v) is 12.7. The lowest BCUT2D eigenvalue weighted by Gasteiger charge is -2.37. The number of nitrogens with zero attached hydrogens (tertiary/aromatic N) is 4. The average Bonchev–Trinajstić information content (AvgIpc) is 2.93. The molecule has 0 saturated carbocycles. The standard InChI is InChI=1S/C15H20N4O3/c1-17-7-2-4-15(13(17)21)5-9-19(11-15)12(20)10-18-8-3-6-16-14(18)22/h3,6,8H,2,4-5,7,9-11H2,1H3/t15-/m0/s1. The van der Waals surface area contributed by atoms with E-state index in [1.807, 2.05) is 7.05 Å². The fraction of sp³-hybridized carbons (Fsp3) is 0.600. The molecule has 1 spiro atoms. The van der Waals surface area contributed by atoms with Crippen LogP contribution in [0.2, 0.25) is 0 Å². The van der Waals surface area contributed by atoms with Crippen molar-refractivity contribution in [1.29, 1.82) is 0 Å². The number of aromatic nitrogens is 2. The van der Waals surface area contributed by atoms with Crippen LogP contribution >= 0.6 is 0 Å². The maximum absolute atomic E-state index is 12.5. The fourth-order valence-electron chi connectivity index (χ4n) is 3.49. The fourth-order valence-corrected chi connectivity index (χ4v) is 3.49. The van der Waals surface area contributed by atoms with Crippen LogP contribution in [0.4, 0.5) is 0 Å². The van der Waals surface area contributed by atoms with Crippen LogP contribution in [0.1, 0.15) is 19.3 Å². The number of hydrogen-bond acceptors (Lipinski definition) is 4. The van der Waals surface area contributed by atoms with E-state index in [1.165, 1.54) is 10.8 Å². The van der Waals surface area contributed by atoms with Gasteiger partial charge in [-0.25, -0.2) is 9.78 Å². The summed E-state index contributed by atoms with van der Waals surface area (Å²) in [5, 5.41) is 0. The monoisotopic (exact) mass is 304 g/mol. The van der Waals surface area contributed by atoms with Crippen LogP contribution in [0.15, 0.2) is 23.3 Å². The van der Waals surface area contributed by atoms with Crippen molar-refractivity contribution in [3.63, 3.8) is 0 Å². The van der Waals surface area contributed by atoms with Crippen LogP contribution in [-0.4, -0.2) is 57.8 Å². The molecule has 2 saturated heterocycles. The zero-order chi connectivity index (χ0) is 15.7.